The van der Waals surface area contributed by atoms with Crippen LogP contribution in [0.4, 0.5) is 4.79 Å². The maximum Gasteiger partial charge on any atom is 0.320 e. The molecule has 0 radical (unpaired) electrons. The third-order valence-electron chi connectivity index (χ3n) is 5.72. The zero-order chi connectivity index (χ0) is 15.9. The van der Waals surface area contributed by atoms with Crippen molar-refractivity contribution < 1.29 is 19.1 Å². The Hall–Kier alpha value is -1.34. The molecule has 1 N–H and O–H groups in total. The molecule has 0 unspecified atom stereocenters. The first-order valence-electron chi connectivity index (χ1n) is 8.74. The number of hydrogen-bond donors (Lipinski definition) is 1. The molecule has 7 heteroatoms. The second-order valence-corrected chi connectivity index (χ2v) is 7.16. The summed E-state index contributed by atoms with van der Waals surface area (Å²) in [7, 11) is 0. The number of piperidine rings is 2. The normalized spacial score (nSPS) is 33.5. The largest absolute Gasteiger partial charge is 0.375 e. The van der Waals surface area contributed by atoms with Crippen LogP contribution in [0.3, 0.4) is 0 Å². The van der Waals surface area contributed by atoms with Crippen molar-refractivity contribution in [3.63, 3.8) is 0 Å². The fourth-order valence-corrected chi connectivity index (χ4v) is 4.33. The lowest BCUT2D eigenvalue weighted by Gasteiger charge is -2.44. The predicted octanol–water partition coefficient (Wildman–Crippen LogP) is 0.341. The summed E-state index contributed by atoms with van der Waals surface area (Å²) in [6.07, 6.45) is 5.00. The summed E-state index contributed by atoms with van der Waals surface area (Å²) in [6, 6.07) is 0.0272. The van der Waals surface area contributed by atoms with Crippen LogP contribution in [0.25, 0.3) is 0 Å². The van der Waals surface area contributed by atoms with Crippen LogP contribution in [0.15, 0.2) is 0 Å². The molecule has 7 nitrogen and oxygen atoms in total. The number of carbonyl (C=O) groups excluding carboxylic acids is 2. The highest BCUT2D eigenvalue weighted by Crippen LogP contribution is 2.36. The number of amides is 3. The van der Waals surface area contributed by atoms with Gasteiger partial charge in [0, 0.05) is 32.8 Å². The monoisotopic (exact) mass is 323 g/mol. The zero-order valence-electron chi connectivity index (χ0n) is 13.5. The minimum absolute atomic E-state index is 0.0367. The van der Waals surface area contributed by atoms with E-state index in [0.717, 1.165) is 51.8 Å². The minimum Gasteiger partial charge on any atom is -0.375 e. The zero-order valence-corrected chi connectivity index (χ0v) is 13.5. The van der Waals surface area contributed by atoms with Gasteiger partial charge in [-0.25, -0.2) is 4.79 Å². The van der Waals surface area contributed by atoms with Gasteiger partial charge >= 0.3 is 6.03 Å². The molecule has 1 spiro atoms. The first-order chi connectivity index (χ1) is 11.2. The van der Waals surface area contributed by atoms with Crippen LogP contribution in [-0.2, 0) is 14.3 Å². The topological polar surface area (TPSA) is 71.1 Å². The fourth-order valence-electron chi connectivity index (χ4n) is 4.33. The van der Waals surface area contributed by atoms with Crippen molar-refractivity contribution in [1.29, 1.82) is 0 Å². The van der Waals surface area contributed by atoms with Crippen molar-refractivity contribution in [2.24, 2.45) is 0 Å². The SMILES string of the molecule is O=C1CO[C@H]2CCN(C(=O)N3CCC4(CCCO4)CC3)C[C@H]2N1. The van der Waals surface area contributed by atoms with Crippen molar-refractivity contribution in [1.82, 2.24) is 15.1 Å². The third-order valence-corrected chi connectivity index (χ3v) is 5.72. The Morgan fingerprint density at radius 2 is 2.00 bits per heavy atom. The molecule has 128 valence electrons. The van der Waals surface area contributed by atoms with Gasteiger partial charge in [-0.15, -0.1) is 0 Å². The second kappa shape index (κ2) is 5.94. The molecule has 0 saturated carbocycles. The molecule has 23 heavy (non-hydrogen) atoms. The van der Waals surface area contributed by atoms with Crippen molar-refractivity contribution in [3.05, 3.63) is 0 Å². The molecule has 4 rings (SSSR count). The van der Waals surface area contributed by atoms with E-state index in [9.17, 15) is 9.59 Å². The van der Waals surface area contributed by atoms with E-state index < -0.39 is 0 Å². The summed E-state index contributed by atoms with van der Waals surface area (Å²) in [5.74, 6) is -0.0844. The van der Waals surface area contributed by atoms with E-state index in [0.29, 0.717) is 13.1 Å². The summed E-state index contributed by atoms with van der Waals surface area (Å²) in [5, 5.41) is 2.95. The number of ether oxygens (including phenoxy) is 2. The first kappa shape index (κ1) is 15.2. The van der Waals surface area contributed by atoms with Crippen LogP contribution >= 0.6 is 0 Å². The molecule has 4 heterocycles. The first-order valence-corrected chi connectivity index (χ1v) is 8.74. The van der Waals surface area contributed by atoms with E-state index in [2.05, 4.69) is 5.32 Å². The van der Waals surface area contributed by atoms with Gasteiger partial charge in [0.2, 0.25) is 5.91 Å². The molecule has 0 bridgehead atoms. The highest BCUT2D eigenvalue weighted by molar-refractivity contribution is 5.79. The van der Waals surface area contributed by atoms with E-state index in [4.69, 9.17) is 9.47 Å². The number of urea groups is 1. The predicted molar refractivity (Wildman–Crippen MR) is 82.0 cm³/mol. The number of nitrogens with one attached hydrogen (secondary N) is 1. The van der Waals surface area contributed by atoms with Gasteiger partial charge in [0.25, 0.3) is 0 Å². The minimum atomic E-state index is -0.0844. The molecular weight excluding hydrogens is 298 g/mol. The summed E-state index contributed by atoms with van der Waals surface area (Å²) >= 11 is 0. The Balaban J connectivity index is 1.33. The molecule has 4 aliphatic rings. The molecule has 4 fully saturated rings. The van der Waals surface area contributed by atoms with Crippen LogP contribution in [0.5, 0.6) is 0 Å². The summed E-state index contributed by atoms with van der Waals surface area (Å²) in [6.45, 7) is 3.80. The quantitative estimate of drug-likeness (QED) is 0.698. The van der Waals surface area contributed by atoms with Gasteiger partial charge in [-0.05, 0) is 32.1 Å². The molecular formula is C16H25N3O4. The number of carbonyl (C=O) groups is 2. The Labute approximate surface area is 136 Å². The molecule has 0 aromatic rings. The van der Waals surface area contributed by atoms with Gasteiger partial charge in [0.05, 0.1) is 17.7 Å². The van der Waals surface area contributed by atoms with Gasteiger partial charge < -0.3 is 24.6 Å². The van der Waals surface area contributed by atoms with Crippen LogP contribution in [0, 0.1) is 0 Å². The van der Waals surface area contributed by atoms with Gasteiger partial charge in [0.15, 0.2) is 0 Å². The van der Waals surface area contributed by atoms with Crippen molar-refractivity contribution >= 4 is 11.9 Å². The molecule has 4 saturated heterocycles. The molecule has 0 aromatic carbocycles. The number of rotatable bonds is 0. The Morgan fingerprint density at radius 3 is 2.74 bits per heavy atom. The molecule has 2 atom stereocenters. The molecule has 0 aromatic heterocycles. The lowest BCUT2D eigenvalue weighted by molar-refractivity contribution is -0.139. The maximum atomic E-state index is 12.8. The van der Waals surface area contributed by atoms with Gasteiger partial charge in [-0.1, -0.05) is 0 Å². The van der Waals surface area contributed by atoms with Crippen molar-refractivity contribution in [3.8, 4) is 0 Å². The van der Waals surface area contributed by atoms with E-state index >= 15 is 0 Å². The van der Waals surface area contributed by atoms with Crippen molar-refractivity contribution in [2.75, 3.05) is 39.4 Å². The number of nitrogens with zero attached hydrogens (tertiary/aromatic N) is 2. The Bertz CT molecular complexity index is 482. The average Bonchev–Trinajstić information content (AvgIpc) is 3.02. The molecule has 0 aliphatic carbocycles. The van der Waals surface area contributed by atoms with Gasteiger partial charge in [-0.2, -0.15) is 0 Å². The average molecular weight is 323 g/mol. The standard InChI is InChI=1S/C16H25N3O4/c20-14-11-22-13-2-6-19(10-12(13)17-14)15(21)18-7-4-16(5-8-18)3-1-9-23-16/h12-13H,1-11H2,(H,17,20)/t12-,13+/m1/s1. The third kappa shape index (κ3) is 2.92. The lowest BCUT2D eigenvalue weighted by atomic mass is 9.89. The highest BCUT2D eigenvalue weighted by atomic mass is 16.5. The highest BCUT2D eigenvalue weighted by Gasteiger charge is 2.42. The Morgan fingerprint density at radius 1 is 1.17 bits per heavy atom. The second-order valence-electron chi connectivity index (χ2n) is 7.16. The van der Waals surface area contributed by atoms with Crippen LogP contribution in [0.1, 0.15) is 32.1 Å². The number of morpholine rings is 1. The Kier molecular flexibility index (Phi) is 3.93. The number of fused-ring (bicyclic) bond motifs is 1. The van der Waals surface area contributed by atoms with E-state index in [1.165, 1.54) is 0 Å². The van der Waals surface area contributed by atoms with E-state index in [1.807, 2.05) is 9.80 Å². The van der Waals surface area contributed by atoms with Crippen LogP contribution < -0.4 is 5.32 Å². The van der Waals surface area contributed by atoms with E-state index in [-0.39, 0.29) is 36.3 Å². The number of likely N-dealkylation sites (tertiary alicyclic amines) is 2. The summed E-state index contributed by atoms with van der Waals surface area (Å²) in [4.78, 5) is 28.1. The molecule has 4 aliphatic heterocycles. The molecule has 3 amide bonds. The summed E-state index contributed by atoms with van der Waals surface area (Å²) < 4.78 is 11.5. The fraction of sp³-hybridized carbons (Fsp3) is 0.875. The summed E-state index contributed by atoms with van der Waals surface area (Å²) in [5.41, 5.74) is 0.0367. The van der Waals surface area contributed by atoms with Crippen LogP contribution in [0.2, 0.25) is 0 Å². The van der Waals surface area contributed by atoms with Gasteiger partial charge in [-0.3, -0.25) is 4.79 Å². The number of hydrogen-bond acceptors (Lipinski definition) is 4. The smallest absolute Gasteiger partial charge is 0.320 e. The van der Waals surface area contributed by atoms with Crippen molar-refractivity contribution in [2.45, 2.75) is 49.9 Å². The van der Waals surface area contributed by atoms with Gasteiger partial charge in [0.1, 0.15) is 6.61 Å². The van der Waals surface area contributed by atoms with Crippen LogP contribution in [-0.4, -0.2) is 78.9 Å². The van der Waals surface area contributed by atoms with E-state index in [1.54, 1.807) is 0 Å². The maximum absolute atomic E-state index is 12.8. The lowest BCUT2D eigenvalue weighted by Crippen LogP contribution is -2.63.